The molecule has 6 nitrogen and oxygen atoms in total. The van der Waals surface area contributed by atoms with Crippen molar-refractivity contribution in [2.75, 3.05) is 37.0 Å². The molecule has 0 saturated heterocycles. The molecule has 9 heteroatoms. The molecule has 1 aliphatic heterocycles. The second kappa shape index (κ2) is 8.08. The van der Waals surface area contributed by atoms with Crippen LogP contribution in [0.15, 0.2) is 5.16 Å². The average Bonchev–Trinajstić information content (AvgIpc) is 2.53. The highest BCUT2D eigenvalue weighted by Crippen LogP contribution is 2.34. The van der Waals surface area contributed by atoms with E-state index in [1.807, 2.05) is 11.2 Å². The van der Waals surface area contributed by atoms with Gasteiger partial charge in [-0.15, -0.1) is 8.20 Å². The number of rotatable bonds is 6. The molecule has 1 aromatic heterocycles. The van der Waals surface area contributed by atoms with Crippen LogP contribution in [-0.4, -0.2) is 60.1 Å². The van der Waals surface area contributed by atoms with Crippen LogP contribution in [0.1, 0.15) is 17.3 Å². The van der Waals surface area contributed by atoms with Crippen molar-refractivity contribution in [1.82, 2.24) is 9.97 Å². The first-order chi connectivity index (χ1) is 11.0. The predicted octanol–water partition coefficient (Wildman–Crippen LogP) is 2.41. The SMILES string of the molecule is C=PCCN1CC(C(=O)OCC)C(=O)c2c(Cl)nc(SC)nc21. The number of ketones is 1. The van der Waals surface area contributed by atoms with E-state index >= 15 is 0 Å². The minimum absolute atomic E-state index is 0.0792. The Bertz CT molecular complexity index is 644. The highest BCUT2D eigenvalue weighted by molar-refractivity contribution is 7.98. The molecule has 0 N–H and O–H groups in total. The monoisotopic (exact) mass is 373 g/mol. The summed E-state index contributed by atoms with van der Waals surface area (Å²) in [7, 11) is 0.976. The normalized spacial score (nSPS) is 17.3. The number of anilines is 1. The fourth-order valence-corrected chi connectivity index (χ4v) is 3.36. The summed E-state index contributed by atoms with van der Waals surface area (Å²) in [6.07, 6.45) is 6.43. The van der Waals surface area contributed by atoms with Gasteiger partial charge in [0.15, 0.2) is 10.9 Å². The van der Waals surface area contributed by atoms with Gasteiger partial charge in [-0.1, -0.05) is 29.7 Å². The lowest BCUT2D eigenvalue weighted by atomic mass is 9.94. The van der Waals surface area contributed by atoms with Crippen LogP contribution in [0.3, 0.4) is 0 Å². The molecule has 124 valence electrons. The number of hydrogen-bond acceptors (Lipinski definition) is 7. The van der Waals surface area contributed by atoms with E-state index in [2.05, 4.69) is 16.3 Å². The quantitative estimate of drug-likeness (QED) is 0.189. The van der Waals surface area contributed by atoms with E-state index in [0.717, 1.165) is 14.4 Å². The zero-order valence-corrected chi connectivity index (χ0v) is 15.4. The Hall–Kier alpha value is -1.17. The molecule has 0 radical (unpaired) electrons. The van der Waals surface area contributed by atoms with Crippen LogP contribution in [0, 0.1) is 5.92 Å². The molecule has 0 aromatic carbocycles. The standard InChI is InChI=1S/C14H17ClN3O3PS/c1-4-21-13(20)8-7-18(5-6-22-2)12-9(10(8)19)11(15)16-14(17-12)23-3/h8H,2,4-7H2,1,3H3. The van der Waals surface area contributed by atoms with E-state index in [1.165, 1.54) is 11.8 Å². The van der Waals surface area contributed by atoms with Crippen molar-refractivity contribution in [3.05, 3.63) is 10.7 Å². The number of nitrogens with zero attached hydrogens (tertiary/aromatic N) is 3. The lowest BCUT2D eigenvalue weighted by molar-refractivity contribution is -0.145. The third-order valence-corrected chi connectivity index (χ3v) is 4.71. The van der Waals surface area contributed by atoms with Crippen LogP contribution < -0.4 is 4.90 Å². The van der Waals surface area contributed by atoms with Gasteiger partial charge in [0.1, 0.15) is 16.9 Å². The number of esters is 1. The van der Waals surface area contributed by atoms with Crippen LogP contribution in [0.5, 0.6) is 0 Å². The van der Waals surface area contributed by atoms with Crippen LogP contribution in [0.25, 0.3) is 0 Å². The molecule has 23 heavy (non-hydrogen) atoms. The molecule has 0 fully saturated rings. The minimum Gasteiger partial charge on any atom is -0.465 e. The van der Waals surface area contributed by atoms with Gasteiger partial charge >= 0.3 is 5.97 Å². The smallest absolute Gasteiger partial charge is 0.318 e. The number of aromatic nitrogens is 2. The number of halogens is 1. The predicted molar refractivity (Wildman–Crippen MR) is 94.4 cm³/mol. The number of hydrogen-bond donors (Lipinski definition) is 0. The summed E-state index contributed by atoms with van der Waals surface area (Å²) >= 11 is 7.54. The van der Waals surface area contributed by atoms with E-state index in [0.29, 0.717) is 17.5 Å². The molecule has 2 heterocycles. The third kappa shape index (κ3) is 3.84. The van der Waals surface area contributed by atoms with E-state index in [4.69, 9.17) is 16.3 Å². The van der Waals surface area contributed by atoms with Crippen molar-refractivity contribution < 1.29 is 14.3 Å². The van der Waals surface area contributed by atoms with Crippen molar-refractivity contribution in [2.45, 2.75) is 12.1 Å². The van der Waals surface area contributed by atoms with Gasteiger partial charge in [0.05, 0.1) is 12.2 Å². The summed E-state index contributed by atoms with van der Waals surface area (Å²) < 4.78 is 5.02. The first-order valence-electron chi connectivity index (χ1n) is 7.03. The Labute approximate surface area is 145 Å². The second-order valence-corrected chi connectivity index (χ2v) is 6.79. The lowest BCUT2D eigenvalue weighted by Crippen LogP contribution is -2.45. The van der Waals surface area contributed by atoms with Gasteiger partial charge in [-0.3, -0.25) is 9.59 Å². The van der Waals surface area contributed by atoms with Gasteiger partial charge in [0.25, 0.3) is 0 Å². The van der Waals surface area contributed by atoms with Gasteiger partial charge in [-0.25, -0.2) is 9.97 Å². The van der Waals surface area contributed by atoms with Crippen molar-refractivity contribution in [1.29, 1.82) is 0 Å². The topological polar surface area (TPSA) is 72.4 Å². The van der Waals surface area contributed by atoms with E-state index in [-0.39, 0.29) is 29.7 Å². The Balaban J connectivity index is 2.47. The number of ether oxygens (including phenoxy) is 1. The van der Waals surface area contributed by atoms with E-state index < -0.39 is 11.9 Å². The first kappa shape index (κ1) is 18.2. The van der Waals surface area contributed by atoms with Gasteiger partial charge in [0.2, 0.25) is 0 Å². The molecule has 0 aliphatic carbocycles. The summed E-state index contributed by atoms with van der Waals surface area (Å²) in [5.74, 6) is -1.32. The van der Waals surface area contributed by atoms with Crippen molar-refractivity contribution in [3.8, 4) is 0 Å². The van der Waals surface area contributed by atoms with Crippen LogP contribution in [0.2, 0.25) is 5.15 Å². The Kier molecular flexibility index (Phi) is 6.39. The molecule has 1 aromatic rings. The fourth-order valence-electron chi connectivity index (χ4n) is 2.31. The molecule has 1 aliphatic rings. The summed E-state index contributed by atoms with van der Waals surface area (Å²) in [5.41, 5.74) is 0.203. The highest BCUT2D eigenvalue weighted by atomic mass is 35.5. The Morgan fingerprint density at radius 3 is 2.91 bits per heavy atom. The van der Waals surface area contributed by atoms with Crippen molar-refractivity contribution >= 4 is 55.4 Å². The molecule has 0 amide bonds. The number of carbonyl (C=O) groups excluding carboxylic acids is 2. The van der Waals surface area contributed by atoms with E-state index in [1.54, 1.807) is 6.92 Å². The van der Waals surface area contributed by atoms with Crippen molar-refractivity contribution in [2.24, 2.45) is 5.92 Å². The molecule has 0 bridgehead atoms. The maximum atomic E-state index is 12.7. The Morgan fingerprint density at radius 2 is 2.30 bits per heavy atom. The number of Topliss-reactive ketones (excluding diaryl/α,β-unsaturated/α-hetero) is 1. The number of carbonyl (C=O) groups is 2. The molecule has 0 saturated carbocycles. The molecular formula is C14H17ClN3O3PS. The van der Waals surface area contributed by atoms with Gasteiger partial charge in [0, 0.05) is 19.3 Å². The van der Waals surface area contributed by atoms with Crippen LogP contribution in [-0.2, 0) is 9.53 Å². The number of thioether (sulfide) groups is 1. The zero-order chi connectivity index (χ0) is 17.0. The maximum Gasteiger partial charge on any atom is 0.318 e. The van der Waals surface area contributed by atoms with Gasteiger partial charge < -0.3 is 9.64 Å². The van der Waals surface area contributed by atoms with E-state index in [9.17, 15) is 9.59 Å². The molecular weight excluding hydrogens is 357 g/mol. The average molecular weight is 374 g/mol. The molecule has 1 unspecified atom stereocenters. The van der Waals surface area contributed by atoms with Gasteiger partial charge in [-0.05, 0) is 13.2 Å². The largest absolute Gasteiger partial charge is 0.465 e. The summed E-state index contributed by atoms with van der Waals surface area (Å²) in [6.45, 7) is 2.80. The van der Waals surface area contributed by atoms with Crippen LogP contribution in [0.4, 0.5) is 5.82 Å². The molecule has 1 atom stereocenters. The third-order valence-electron chi connectivity index (χ3n) is 3.37. The van der Waals surface area contributed by atoms with Crippen molar-refractivity contribution in [3.63, 3.8) is 0 Å². The maximum absolute atomic E-state index is 12.7. The second-order valence-electron chi connectivity index (χ2n) is 4.76. The Morgan fingerprint density at radius 1 is 1.57 bits per heavy atom. The lowest BCUT2D eigenvalue weighted by Gasteiger charge is -2.33. The summed E-state index contributed by atoms with van der Waals surface area (Å²) in [6, 6.07) is 0. The summed E-state index contributed by atoms with van der Waals surface area (Å²) in [4.78, 5) is 35.2. The number of fused-ring (bicyclic) bond motifs is 1. The molecule has 0 spiro atoms. The summed E-state index contributed by atoms with van der Waals surface area (Å²) in [5, 5.41) is 0.573. The zero-order valence-electron chi connectivity index (χ0n) is 12.9. The highest BCUT2D eigenvalue weighted by Gasteiger charge is 2.40. The first-order valence-corrected chi connectivity index (χ1v) is 9.90. The fraction of sp³-hybridized carbons (Fsp3) is 0.500. The minimum atomic E-state index is -0.898. The van der Waals surface area contributed by atoms with Gasteiger partial charge in [-0.2, -0.15) is 0 Å². The van der Waals surface area contributed by atoms with Crippen LogP contribution >= 0.6 is 31.6 Å². The molecule has 2 rings (SSSR count).